The summed E-state index contributed by atoms with van der Waals surface area (Å²) in [5, 5.41) is 6.00. The normalized spacial score (nSPS) is 10.9. The summed E-state index contributed by atoms with van der Waals surface area (Å²) in [7, 11) is 0. The van der Waals surface area contributed by atoms with Crippen molar-refractivity contribution in [3.05, 3.63) is 52.9 Å². The van der Waals surface area contributed by atoms with Crippen LogP contribution in [0.3, 0.4) is 0 Å². The van der Waals surface area contributed by atoms with Crippen LogP contribution in [0.1, 0.15) is 42.1 Å². The standard InChI is InChI=1S/C20H22N2OS/c1-3-4-5-10-21-20(23)16-13-18(19-7-6-11-24-19)22-17-9-8-14(2)12-15(16)17/h6-9,11-13H,3-5,10H2,1-2H3,(H,21,23). The van der Waals surface area contributed by atoms with Crippen molar-refractivity contribution in [1.29, 1.82) is 0 Å². The molecule has 0 saturated heterocycles. The fourth-order valence-electron chi connectivity index (χ4n) is 2.75. The average molecular weight is 338 g/mol. The maximum absolute atomic E-state index is 12.7. The highest BCUT2D eigenvalue weighted by Crippen LogP contribution is 2.28. The van der Waals surface area contributed by atoms with Crippen molar-refractivity contribution in [1.82, 2.24) is 10.3 Å². The van der Waals surface area contributed by atoms with Gasteiger partial charge in [-0.25, -0.2) is 4.98 Å². The number of thiophene rings is 1. The Hall–Kier alpha value is -2.20. The minimum absolute atomic E-state index is 0.0121. The van der Waals surface area contributed by atoms with E-state index >= 15 is 0 Å². The monoisotopic (exact) mass is 338 g/mol. The molecule has 0 aliphatic rings. The van der Waals surface area contributed by atoms with Crippen molar-refractivity contribution in [3.8, 4) is 10.6 Å². The molecule has 1 N–H and O–H groups in total. The summed E-state index contributed by atoms with van der Waals surface area (Å²) in [6.45, 7) is 4.92. The van der Waals surface area contributed by atoms with Gasteiger partial charge < -0.3 is 5.32 Å². The van der Waals surface area contributed by atoms with E-state index < -0.39 is 0 Å². The van der Waals surface area contributed by atoms with Crippen LogP contribution in [-0.4, -0.2) is 17.4 Å². The smallest absolute Gasteiger partial charge is 0.252 e. The van der Waals surface area contributed by atoms with E-state index in [2.05, 4.69) is 12.2 Å². The number of nitrogens with zero attached hydrogens (tertiary/aromatic N) is 1. The van der Waals surface area contributed by atoms with Crippen molar-refractivity contribution >= 4 is 28.1 Å². The Morgan fingerprint density at radius 1 is 1.21 bits per heavy atom. The Labute approximate surface area is 146 Å². The van der Waals surface area contributed by atoms with Gasteiger partial charge in [0.2, 0.25) is 0 Å². The van der Waals surface area contributed by atoms with Crippen LogP contribution in [0.25, 0.3) is 21.5 Å². The van der Waals surface area contributed by atoms with E-state index in [0.717, 1.165) is 52.8 Å². The second-order valence-corrected chi connectivity index (χ2v) is 6.96. The summed E-state index contributed by atoms with van der Waals surface area (Å²) in [4.78, 5) is 18.5. The largest absolute Gasteiger partial charge is 0.352 e. The van der Waals surface area contributed by atoms with E-state index in [0.29, 0.717) is 5.56 Å². The van der Waals surface area contributed by atoms with Crippen LogP contribution in [0.4, 0.5) is 0 Å². The van der Waals surface area contributed by atoms with Gasteiger partial charge in [-0.15, -0.1) is 11.3 Å². The van der Waals surface area contributed by atoms with Gasteiger partial charge >= 0.3 is 0 Å². The summed E-state index contributed by atoms with van der Waals surface area (Å²) in [6.07, 6.45) is 3.30. The van der Waals surface area contributed by atoms with E-state index in [9.17, 15) is 4.79 Å². The lowest BCUT2D eigenvalue weighted by atomic mass is 10.0. The summed E-state index contributed by atoms with van der Waals surface area (Å²) in [6, 6.07) is 12.0. The third-order valence-corrected chi connectivity index (χ3v) is 4.94. The molecule has 2 aromatic heterocycles. The fraction of sp³-hybridized carbons (Fsp3) is 0.300. The van der Waals surface area contributed by atoms with Crippen LogP contribution in [0, 0.1) is 6.92 Å². The molecule has 0 spiro atoms. The molecular formula is C20H22N2OS. The molecule has 3 nitrogen and oxygen atoms in total. The van der Waals surface area contributed by atoms with Gasteiger partial charge in [0.05, 0.1) is 21.7 Å². The molecule has 0 unspecified atom stereocenters. The zero-order chi connectivity index (χ0) is 16.9. The number of unbranched alkanes of at least 4 members (excludes halogenated alkanes) is 2. The molecule has 3 aromatic rings. The van der Waals surface area contributed by atoms with E-state index in [-0.39, 0.29) is 5.91 Å². The molecule has 0 aliphatic carbocycles. The van der Waals surface area contributed by atoms with Crippen LogP contribution >= 0.6 is 11.3 Å². The van der Waals surface area contributed by atoms with Gasteiger partial charge in [0.15, 0.2) is 0 Å². The Balaban J connectivity index is 2.00. The van der Waals surface area contributed by atoms with Gasteiger partial charge in [-0.3, -0.25) is 4.79 Å². The minimum Gasteiger partial charge on any atom is -0.352 e. The quantitative estimate of drug-likeness (QED) is 0.628. The fourth-order valence-corrected chi connectivity index (χ4v) is 3.44. The van der Waals surface area contributed by atoms with Gasteiger partial charge in [0, 0.05) is 11.9 Å². The molecule has 3 rings (SSSR count). The summed E-state index contributed by atoms with van der Waals surface area (Å²) >= 11 is 1.64. The Kier molecular flexibility index (Phi) is 5.26. The third kappa shape index (κ3) is 3.65. The Morgan fingerprint density at radius 3 is 2.83 bits per heavy atom. The number of rotatable bonds is 6. The number of carbonyl (C=O) groups excluding carboxylic acids is 1. The van der Waals surface area contributed by atoms with Crippen LogP contribution in [0.5, 0.6) is 0 Å². The van der Waals surface area contributed by atoms with E-state index in [4.69, 9.17) is 4.98 Å². The summed E-state index contributed by atoms with van der Waals surface area (Å²) in [5.41, 5.74) is 3.57. The lowest BCUT2D eigenvalue weighted by Gasteiger charge is -2.10. The summed E-state index contributed by atoms with van der Waals surface area (Å²) < 4.78 is 0. The molecule has 0 aliphatic heterocycles. The van der Waals surface area contributed by atoms with Crippen LogP contribution in [-0.2, 0) is 0 Å². The molecule has 0 radical (unpaired) electrons. The summed E-state index contributed by atoms with van der Waals surface area (Å²) in [5.74, 6) is -0.0121. The minimum atomic E-state index is -0.0121. The number of hydrogen-bond donors (Lipinski definition) is 1. The van der Waals surface area contributed by atoms with E-state index in [1.165, 1.54) is 0 Å². The van der Waals surface area contributed by atoms with Gasteiger partial charge in [-0.05, 0) is 43.0 Å². The number of hydrogen-bond acceptors (Lipinski definition) is 3. The molecule has 0 bridgehead atoms. The lowest BCUT2D eigenvalue weighted by molar-refractivity contribution is 0.0954. The Bertz CT molecular complexity index is 840. The van der Waals surface area contributed by atoms with E-state index in [1.54, 1.807) is 11.3 Å². The SMILES string of the molecule is CCCCCNC(=O)c1cc(-c2cccs2)nc2ccc(C)cc12. The molecule has 0 saturated carbocycles. The van der Waals surface area contributed by atoms with Crippen molar-refractivity contribution in [3.63, 3.8) is 0 Å². The molecule has 24 heavy (non-hydrogen) atoms. The first-order valence-corrected chi connectivity index (χ1v) is 9.30. The number of amides is 1. The highest BCUT2D eigenvalue weighted by molar-refractivity contribution is 7.13. The molecule has 2 heterocycles. The lowest BCUT2D eigenvalue weighted by Crippen LogP contribution is -2.24. The van der Waals surface area contributed by atoms with Crippen LogP contribution < -0.4 is 5.32 Å². The van der Waals surface area contributed by atoms with E-state index in [1.807, 2.05) is 48.7 Å². The van der Waals surface area contributed by atoms with Crippen molar-refractivity contribution < 1.29 is 4.79 Å². The van der Waals surface area contributed by atoms with Gasteiger partial charge in [0.25, 0.3) is 5.91 Å². The number of carbonyl (C=O) groups is 1. The first-order valence-electron chi connectivity index (χ1n) is 8.42. The first kappa shape index (κ1) is 16.7. The van der Waals surface area contributed by atoms with Gasteiger partial charge in [-0.1, -0.05) is 37.5 Å². The second-order valence-electron chi connectivity index (χ2n) is 6.02. The number of aryl methyl sites for hydroxylation is 1. The molecule has 0 atom stereocenters. The molecule has 0 fully saturated rings. The van der Waals surface area contributed by atoms with Gasteiger partial charge in [-0.2, -0.15) is 0 Å². The second kappa shape index (κ2) is 7.58. The third-order valence-electron chi connectivity index (χ3n) is 4.05. The average Bonchev–Trinajstić information content (AvgIpc) is 3.12. The van der Waals surface area contributed by atoms with Gasteiger partial charge in [0.1, 0.15) is 0 Å². The highest BCUT2D eigenvalue weighted by atomic mass is 32.1. The van der Waals surface area contributed by atoms with Crippen molar-refractivity contribution in [2.75, 3.05) is 6.54 Å². The van der Waals surface area contributed by atoms with Crippen LogP contribution in [0.2, 0.25) is 0 Å². The topological polar surface area (TPSA) is 42.0 Å². The molecular weight excluding hydrogens is 316 g/mol. The Morgan fingerprint density at radius 2 is 2.08 bits per heavy atom. The predicted octanol–water partition coefficient (Wildman–Crippen LogP) is 5.19. The molecule has 4 heteroatoms. The molecule has 1 amide bonds. The maximum atomic E-state index is 12.7. The highest BCUT2D eigenvalue weighted by Gasteiger charge is 2.14. The van der Waals surface area contributed by atoms with Crippen LogP contribution in [0.15, 0.2) is 41.8 Å². The number of pyridine rings is 1. The number of fused-ring (bicyclic) bond motifs is 1. The van der Waals surface area contributed by atoms with Crippen molar-refractivity contribution in [2.24, 2.45) is 0 Å². The first-order chi connectivity index (χ1) is 11.7. The van der Waals surface area contributed by atoms with Crippen molar-refractivity contribution in [2.45, 2.75) is 33.1 Å². The zero-order valence-corrected chi connectivity index (χ0v) is 15.0. The predicted molar refractivity (Wildman–Crippen MR) is 102 cm³/mol. The number of nitrogens with one attached hydrogen (secondary N) is 1. The molecule has 1 aromatic carbocycles. The molecule has 124 valence electrons. The maximum Gasteiger partial charge on any atom is 0.252 e. The zero-order valence-electron chi connectivity index (χ0n) is 14.1. The number of benzene rings is 1. The number of aromatic nitrogens is 1.